The van der Waals surface area contributed by atoms with E-state index < -0.39 is 12.6 Å². The molecule has 1 aromatic carbocycles. The number of unbranched alkanes of at least 4 members (excludes halogenated alkanes) is 13. The number of aliphatic carboxylic acids is 1. The number of aliphatic hydroxyl groups is 2. The average Bonchev–Trinajstić information content (AvgIpc) is 2.90. The van der Waals surface area contributed by atoms with Crippen molar-refractivity contribution in [3.8, 4) is 5.75 Å². The van der Waals surface area contributed by atoms with Crippen LogP contribution in [0.2, 0.25) is 5.02 Å². The number of ether oxygens (including phenoxy) is 1. The predicted molar refractivity (Wildman–Crippen MR) is 160 cm³/mol. The van der Waals surface area contributed by atoms with Gasteiger partial charge in [0.1, 0.15) is 25.4 Å². The number of benzene rings is 1. The van der Waals surface area contributed by atoms with Crippen molar-refractivity contribution < 1.29 is 29.8 Å². The molecule has 0 aliphatic heterocycles. The molecule has 0 saturated heterocycles. The van der Waals surface area contributed by atoms with Gasteiger partial charge in [-0.15, -0.1) is 0 Å². The Balaban J connectivity index is 0.000000921. The first-order valence-electron chi connectivity index (χ1n) is 15.2. The van der Waals surface area contributed by atoms with Crippen molar-refractivity contribution in [3.63, 3.8) is 0 Å². The number of hydrogen-bond donors (Lipinski definition) is 3. The molecule has 0 fully saturated rings. The molecule has 226 valence electrons. The number of nitrogens with one attached hydrogen (secondary N) is 1. The highest BCUT2D eigenvalue weighted by Gasteiger charge is 2.06. The molecule has 0 aromatic heterocycles. The molecule has 0 spiro atoms. The SMILES string of the molecule is CCCCCCCCCC=CCCCCCCCC[NH+](CCO)CCO.Cc1cc(Cl)ccc1OCC(=O)[O-]. The summed E-state index contributed by atoms with van der Waals surface area (Å²) in [6.45, 7) is 6.70. The number of hydrogen-bond acceptors (Lipinski definition) is 5. The third kappa shape index (κ3) is 25.1. The number of rotatable bonds is 24. The number of carboxylic acid groups (broad SMARTS) is 1. The second kappa shape index (κ2) is 27.9. The van der Waals surface area contributed by atoms with Crippen molar-refractivity contribution in [2.45, 2.75) is 110 Å². The number of carbonyl (C=O) groups is 1. The standard InChI is InChI=1S/C23H47NO2.C9H9ClO3/c1-2-3-4-5-6-7-8-9-10-11-12-13-14-15-16-17-18-19-24(20-22-25)21-23-26;1-6-4-7(10)2-3-8(6)13-5-9(11)12/h10-11,25-26H,2-9,12-23H2,1H3;2-4H,5H2,1H3,(H,11,12). The Labute approximate surface area is 243 Å². The number of allylic oxidation sites excluding steroid dienone is 2. The van der Waals surface area contributed by atoms with E-state index in [1.807, 2.05) is 0 Å². The van der Waals surface area contributed by atoms with Gasteiger partial charge >= 0.3 is 0 Å². The lowest BCUT2D eigenvalue weighted by molar-refractivity contribution is -0.901. The van der Waals surface area contributed by atoms with Crippen LogP contribution in [-0.4, -0.2) is 55.6 Å². The summed E-state index contributed by atoms with van der Waals surface area (Å²) in [7, 11) is 0. The highest BCUT2D eigenvalue weighted by atomic mass is 35.5. The quantitative estimate of drug-likeness (QED) is 0.119. The van der Waals surface area contributed by atoms with E-state index in [0.717, 1.165) is 25.2 Å². The average molecular weight is 570 g/mol. The zero-order chi connectivity index (χ0) is 29.0. The fourth-order valence-electron chi connectivity index (χ4n) is 4.40. The van der Waals surface area contributed by atoms with Crippen LogP contribution < -0.4 is 14.7 Å². The first kappa shape index (κ1) is 37.4. The zero-order valence-electron chi connectivity index (χ0n) is 24.7. The number of quaternary nitrogens is 1. The normalized spacial score (nSPS) is 11.1. The van der Waals surface area contributed by atoms with Gasteiger partial charge in [-0.3, -0.25) is 0 Å². The van der Waals surface area contributed by atoms with E-state index >= 15 is 0 Å². The molecule has 1 rings (SSSR count). The van der Waals surface area contributed by atoms with Crippen molar-refractivity contribution in [2.75, 3.05) is 39.5 Å². The van der Waals surface area contributed by atoms with Crippen LogP contribution in [0.3, 0.4) is 0 Å². The molecule has 3 N–H and O–H groups in total. The molecule has 0 saturated carbocycles. The van der Waals surface area contributed by atoms with E-state index in [1.165, 1.54) is 101 Å². The maximum atomic E-state index is 10.1. The maximum Gasteiger partial charge on any atom is 0.128 e. The Morgan fingerprint density at radius 2 is 1.36 bits per heavy atom. The second-order valence-corrected chi connectivity index (χ2v) is 10.7. The third-order valence-corrected chi connectivity index (χ3v) is 6.94. The van der Waals surface area contributed by atoms with Crippen molar-refractivity contribution in [1.82, 2.24) is 0 Å². The number of aryl methyl sites for hydroxylation is 1. The third-order valence-electron chi connectivity index (χ3n) is 6.71. The van der Waals surface area contributed by atoms with E-state index in [1.54, 1.807) is 25.1 Å². The Bertz CT molecular complexity index is 723. The Hall–Kier alpha value is -1.60. The van der Waals surface area contributed by atoms with Crippen LogP contribution in [-0.2, 0) is 4.79 Å². The fraction of sp³-hybridized carbons (Fsp3) is 0.719. The van der Waals surface area contributed by atoms with Crippen molar-refractivity contribution >= 4 is 17.6 Å². The second-order valence-electron chi connectivity index (χ2n) is 10.3. The van der Waals surface area contributed by atoms with Crippen molar-refractivity contribution in [2.24, 2.45) is 0 Å². The molecule has 0 unspecified atom stereocenters. The Kier molecular flexibility index (Phi) is 26.8. The summed E-state index contributed by atoms with van der Waals surface area (Å²) in [4.78, 5) is 11.4. The fourth-order valence-corrected chi connectivity index (χ4v) is 4.63. The lowest BCUT2D eigenvalue weighted by Crippen LogP contribution is -3.13. The van der Waals surface area contributed by atoms with Gasteiger partial charge in [-0.25, -0.2) is 0 Å². The maximum absolute atomic E-state index is 10.1. The minimum Gasteiger partial charge on any atom is -0.546 e. The first-order valence-corrected chi connectivity index (χ1v) is 15.6. The molecule has 7 heteroatoms. The van der Waals surface area contributed by atoms with Crippen LogP contribution in [0.15, 0.2) is 30.4 Å². The van der Waals surface area contributed by atoms with Gasteiger partial charge in [0.25, 0.3) is 0 Å². The summed E-state index contributed by atoms with van der Waals surface area (Å²) < 4.78 is 4.93. The van der Waals surface area contributed by atoms with Gasteiger partial charge < -0.3 is 29.8 Å². The van der Waals surface area contributed by atoms with E-state index in [-0.39, 0.29) is 13.2 Å². The van der Waals surface area contributed by atoms with Crippen LogP contribution in [0.25, 0.3) is 0 Å². The molecule has 6 nitrogen and oxygen atoms in total. The van der Waals surface area contributed by atoms with E-state index in [2.05, 4.69) is 19.1 Å². The monoisotopic (exact) mass is 569 g/mol. The lowest BCUT2D eigenvalue weighted by Gasteiger charge is -2.17. The molecular weight excluding hydrogens is 514 g/mol. The Morgan fingerprint density at radius 3 is 1.85 bits per heavy atom. The topological polar surface area (TPSA) is 94.3 Å². The smallest absolute Gasteiger partial charge is 0.128 e. The zero-order valence-corrected chi connectivity index (χ0v) is 25.5. The van der Waals surface area contributed by atoms with Gasteiger partial charge in [-0.05, 0) is 69.2 Å². The predicted octanol–water partition coefficient (Wildman–Crippen LogP) is 5.06. The summed E-state index contributed by atoms with van der Waals surface area (Å²) in [6.07, 6.45) is 25.0. The van der Waals surface area contributed by atoms with E-state index in [9.17, 15) is 9.90 Å². The van der Waals surface area contributed by atoms with Crippen molar-refractivity contribution in [1.29, 1.82) is 0 Å². The summed E-state index contributed by atoms with van der Waals surface area (Å²) in [5, 5.41) is 28.7. The number of carboxylic acids is 1. The van der Waals surface area contributed by atoms with E-state index in [0.29, 0.717) is 10.8 Å². The van der Waals surface area contributed by atoms with Gasteiger partial charge in [0, 0.05) is 5.02 Å². The van der Waals surface area contributed by atoms with Crippen molar-refractivity contribution in [3.05, 3.63) is 40.9 Å². The molecular formula is C32H56ClNO5. The van der Waals surface area contributed by atoms with Crippen LogP contribution in [0, 0.1) is 6.92 Å². The molecule has 0 radical (unpaired) electrons. The van der Waals surface area contributed by atoms with E-state index in [4.69, 9.17) is 26.6 Å². The molecule has 0 heterocycles. The largest absolute Gasteiger partial charge is 0.546 e. The molecule has 0 atom stereocenters. The van der Waals surface area contributed by atoms with Crippen LogP contribution >= 0.6 is 11.6 Å². The van der Waals surface area contributed by atoms with Gasteiger partial charge in [-0.2, -0.15) is 0 Å². The van der Waals surface area contributed by atoms with Crippen LogP contribution in [0.4, 0.5) is 0 Å². The highest BCUT2D eigenvalue weighted by Crippen LogP contribution is 2.21. The summed E-state index contributed by atoms with van der Waals surface area (Å²) in [6, 6.07) is 4.96. The summed E-state index contributed by atoms with van der Waals surface area (Å²) in [5.74, 6) is -0.733. The number of carbonyl (C=O) groups excluding carboxylic acids is 1. The molecule has 1 aromatic rings. The van der Waals surface area contributed by atoms with Gasteiger partial charge in [0.15, 0.2) is 0 Å². The van der Waals surface area contributed by atoms with Crippen LogP contribution in [0.1, 0.15) is 109 Å². The molecule has 39 heavy (non-hydrogen) atoms. The molecule has 0 aliphatic rings. The number of halogens is 1. The minimum absolute atomic E-state index is 0.224. The Morgan fingerprint density at radius 1 is 0.846 bits per heavy atom. The van der Waals surface area contributed by atoms with Gasteiger partial charge in [0.05, 0.1) is 25.7 Å². The lowest BCUT2D eigenvalue weighted by atomic mass is 10.1. The van der Waals surface area contributed by atoms with Gasteiger partial charge in [0.2, 0.25) is 0 Å². The highest BCUT2D eigenvalue weighted by molar-refractivity contribution is 6.30. The van der Waals surface area contributed by atoms with Gasteiger partial charge in [-0.1, -0.05) is 88.5 Å². The first-order chi connectivity index (χ1) is 18.9. The summed E-state index contributed by atoms with van der Waals surface area (Å²) in [5.41, 5.74) is 0.800. The van der Waals surface area contributed by atoms with Crippen LogP contribution in [0.5, 0.6) is 5.75 Å². The molecule has 0 aliphatic carbocycles. The summed E-state index contributed by atoms with van der Waals surface area (Å²) >= 11 is 5.70. The molecule has 0 bridgehead atoms. The number of aliphatic hydroxyl groups excluding tert-OH is 2. The molecule has 0 amide bonds. The minimum atomic E-state index is -1.24.